The standard InChI is InChI=1S/C32H29N5O4/c1-37(2)19-9-14-25(38)35-24-17-15-21(16-18-24)26-27-30(36-28(32(39)40)22-10-5-3-6-11-22)33-20-34-31(27)41-29(26)23-12-7-4-8-13-23/h3-18,20,28H,19H2,1-2H3,(H,35,38)(H,39,40)(H,33,34,36)/b14-9+/t28-/m0/s1. The molecule has 0 saturated heterocycles. The van der Waals surface area contributed by atoms with Crippen LogP contribution in [0.15, 0.2) is 108 Å². The van der Waals surface area contributed by atoms with Gasteiger partial charge in [0.15, 0.2) is 6.04 Å². The predicted octanol–water partition coefficient (Wildman–Crippen LogP) is 5.85. The molecule has 9 nitrogen and oxygen atoms in total. The van der Waals surface area contributed by atoms with Gasteiger partial charge in [0.05, 0.1) is 5.39 Å². The Balaban J connectivity index is 1.57. The topological polar surface area (TPSA) is 121 Å². The Morgan fingerprint density at radius 2 is 1.61 bits per heavy atom. The largest absolute Gasteiger partial charge is 0.479 e. The molecule has 2 heterocycles. The second kappa shape index (κ2) is 12.3. The Bertz CT molecular complexity index is 1680. The fraction of sp³-hybridized carbons (Fsp3) is 0.125. The molecule has 206 valence electrons. The van der Waals surface area contributed by atoms with Crippen molar-refractivity contribution in [3.8, 4) is 22.5 Å². The van der Waals surface area contributed by atoms with Gasteiger partial charge in [0.1, 0.15) is 17.9 Å². The van der Waals surface area contributed by atoms with Crippen molar-refractivity contribution >= 4 is 34.5 Å². The number of furan rings is 1. The number of hydrogen-bond acceptors (Lipinski definition) is 7. The van der Waals surface area contributed by atoms with Crippen molar-refractivity contribution in [1.82, 2.24) is 14.9 Å². The number of anilines is 2. The summed E-state index contributed by atoms with van der Waals surface area (Å²) in [5.41, 5.74) is 3.85. The number of aromatic nitrogens is 2. The van der Waals surface area contributed by atoms with Crippen LogP contribution < -0.4 is 10.6 Å². The van der Waals surface area contributed by atoms with Gasteiger partial charge in [-0.25, -0.2) is 14.8 Å². The number of aliphatic carboxylic acids is 1. The van der Waals surface area contributed by atoms with E-state index in [9.17, 15) is 14.7 Å². The number of fused-ring (bicyclic) bond motifs is 1. The summed E-state index contributed by atoms with van der Waals surface area (Å²) < 4.78 is 6.27. The molecule has 3 aromatic carbocycles. The Morgan fingerprint density at radius 1 is 0.927 bits per heavy atom. The quantitative estimate of drug-likeness (QED) is 0.186. The number of carbonyl (C=O) groups excluding carboxylic acids is 1. The van der Waals surface area contributed by atoms with Crippen LogP contribution in [0.5, 0.6) is 0 Å². The molecular weight excluding hydrogens is 518 g/mol. The van der Waals surface area contributed by atoms with Gasteiger partial charge in [-0.15, -0.1) is 0 Å². The minimum absolute atomic E-state index is 0.223. The molecule has 3 N–H and O–H groups in total. The summed E-state index contributed by atoms with van der Waals surface area (Å²) in [6.45, 7) is 0.660. The van der Waals surface area contributed by atoms with Gasteiger partial charge in [-0.1, -0.05) is 78.9 Å². The van der Waals surface area contributed by atoms with Crippen molar-refractivity contribution in [3.05, 3.63) is 109 Å². The van der Waals surface area contributed by atoms with Crippen LogP contribution in [-0.2, 0) is 9.59 Å². The fourth-order valence-electron chi connectivity index (χ4n) is 4.46. The Kier molecular flexibility index (Phi) is 8.17. The Labute approximate surface area is 237 Å². The monoisotopic (exact) mass is 547 g/mol. The van der Waals surface area contributed by atoms with Gasteiger partial charge in [-0.3, -0.25) is 4.79 Å². The molecular formula is C32H29N5O4. The number of hydrogen-bond donors (Lipinski definition) is 3. The van der Waals surface area contributed by atoms with Gasteiger partial charge in [-0.2, -0.15) is 0 Å². The molecule has 0 aliphatic rings. The van der Waals surface area contributed by atoms with Crippen LogP contribution in [0.3, 0.4) is 0 Å². The van der Waals surface area contributed by atoms with Crippen molar-refractivity contribution in [2.75, 3.05) is 31.3 Å². The third-order valence-corrected chi connectivity index (χ3v) is 6.37. The first-order valence-electron chi connectivity index (χ1n) is 13.0. The molecule has 0 fully saturated rings. The molecule has 9 heteroatoms. The molecule has 0 spiro atoms. The van der Waals surface area contributed by atoms with Crippen LogP contribution in [0.25, 0.3) is 33.6 Å². The number of rotatable bonds is 10. The summed E-state index contributed by atoms with van der Waals surface area (Å²) in [5, 5.41) is 16.6. The summed E-state index contributed by atoms with van der Waals surface area (Å²) in [6, 6.07) is 24.8. The maximum absolute atomic E-state index is 12.3. The fourth-order valence-corrected chi connectivity index (χ4v) is 4.46. The number of nitrogens with zero attached hydrogens (tertiary/aromatic N) is 3. The van der Waals surface area contributed by atoms with Crippen molar-refractivity contribution < 1.29 is 19.1 Å². The second-order valence-electron chi connectivity index (χ2n) is 9.63. The normalized spacial score (nSPS) is 12.1. The van der Waals surface area contributed by atoms with Gasteiger partial charge in [-0.05, 0) is 37.4 Å². The van der Waals surface area contributed by atoms with E-state index in [1.165, 1.54) is 12.4 Å². The number of amides is 1. The lowest BCUT2D eigenvalue weighted by molar-refractivity contribution is -0.138. The van der Waals surface area contributed by atoms with Crippen LogP contribution in [0, 0.1) is 0 Å². The molecule has 0 bridgehead atoms. The molecule has 0 saturated carbocycles. The first-order valence-corrected chi connectivity index (χ1v) is 13.0. The molecule has 1 atom stereocenters. The van der Waals surface area contributed by atoms with E-state index in [1.807, 2.05) is 79.7 Å². The van der Waals surface area contributed by atoms with Crippen LogP contribution in [0.2, 0.25) is 0 Å². The SMILES string of the molecule is CN(C)C/C=C/C(=O)Nc1ccc(-c2c(-c3ccccc3)oc3ncnc(N[C@H](C(=O)O)c4ccccc4)c23)cc1. The summed E-state index contributed by atoms with van der Waals surface area (Å²) in [7, 11) is 3.86. The average Bonchev–Trinajstić information content (AvgIpc) is 3.37. The summed E-state index contributed by atoms with van der Waals surface area (Å²) >= 11 is 0. The second-order valence-corrected chi connectivity index (χ2v) is 9.63. The number of carboxylic acid groups (broad SMARTS) is 1. The maximum atomic E-state index is 12.3. The summed E-state index contributed by atoms with van der Waals surface area (Å²) in [4.78, 5) is 35.4. The van der Waals surface area contributed by atoms with Gasteiger partial charge in [0.2, 0.25) is 11.6 Å². The number of carboxylic acids is 1. The van der Waals surface area contributed by atoms with Gasteiger partial charge >= 0.3 is 5.97 Å². The van der Waals surface area contributed by atoms with Crippen molar-refractivity contribution in [3.63, 3.8) is 0 Å². The molecule has 5 rings (SSSR count). The molecule has 41 heavy (non-hydrogen) atoms. The van der Waals surface area contributed by atoms with Gasteiger partial charge in [0, 0.05) is 29.4 Å². The highest BCUT2D eigenvalue weighted by atomic mass is 16.4. The van der Waals surface area contributed by atoms with E-state index in [0.717, 1.165) is 11.1 Å². The Hall–Kier alpha value is -5.28. The van der Waals surface area contributed by atoms with E-state index in [2.05, 4.69) is 20.6 Å². The first-order chi connectivity index (χ1) is 19.9. The van der Waals surface area contributed by atoms with E-state index in [1.54, 1.807) is 30.3 Å². The molecule has 1 amide bonds. The minimum Gasteiger partial charge on any atom is -0.479 e. The molecule has 0 unspecified atom stereocenters. The zero-order chi connectivity index (χ0) is 28.8. The summed E-state index contributed by atoms with van der Waals surface area (Å²) in [6.07, 6.45) is 4.65. The smallest absolute Gasteiger partial charge is 0.330 e. The zero-order valence-corrected chi connectivity index (χ0v) is 22.6. The maximum Gasteiger partial charge on any atom is 0.330 e. The summed E-state index contributed by atoms with van der Waals surface area (Å²) in [5.74, 6) is -0.371. The highest BCUT2D eigenvalue weighted by molar-refractivity contribution is 6.06. The third kappa shape index (κ3) is 6.32. The van der Waals surface area contributed by atoms with Gasteiger partial charge < -0.3 is 25.1 Å². The van der Waals surface area contributed by atoms with E-state index >= 15 is 0 Å². The molecule has 2 aromatic heterocycles. The van der Waals surface area contributed by atoms with Gasteiger partial charge in [0.25, 0.3) is 0 Å². The number of carbonyl (C=O) groups is 2. The van der Waals surface area contributed by atoms with E-state index in [4.69, 9.17) is 4.42 Å². The Morgan fingerprint density at radius 3 is 2.27 bits per heavy atom. The average molecular weight is 548 g/mol. The molecule has 0 aliphatic heterocycles. The van der Waals surface area contributed by atoms with Crippen LogP contribution >= 0.6 is 0 Å². The predicted molar refractivity (Wildman–Crippen MR) is 159 cm³/mol. The highest BCUT2D eigenvalue weighted by Crippen LogP contribution is 2.43. The van der Waals surface area contributed by atoms with Crippen molar-refractivity contribution in [2.45, 2.75) is 6.04 Å². The molecule has 0 aliphatic carbocycles. The minimum atomic E-state index is -1.05. The highest BCUT2D eigenvalue weighted by Gasteiger charge is 2.26. The first kappa shape index (κ1) is 27.3. The van der Waals surface area contributed by atoms with Crippen LogP contribution in [0.4, 0.5) is 11.5 Å². The third-order valence-electron chi connectivity index (χ3n) is 6.37. The zero-order valence-electron chi connectivity index (χ0n) is 22.6. The lowest BCUT2D eigenvalue weighted by Gasteiger charge is -2.16. The number of likely N-dealkylation sites (N-methyl/N-ethyl adjacent to an activating group) is 1. The number of nitrogens with one attached hydrogen (secondary N) is 2. The van der Waals surface area contributed by atoms with E-state index < -0.39 is 12.0 Å². The van der Waals surface area contributed by atoms with Crippen molar-refractivity contribution in [2.24, 2.45) is 0 Å². The van der Waals surface area contributed by atoms with Crippen molar-refractivity contribution in [1.29, 1.82) is 0 Å². The number of benzene rings is 3. The lowest BCUT2D eigenvalue weighted by Crippen LogP contribution is -2.21. The molecule has 0 radical (unpaired) electrons. The van der Waals surface area contributed by atoms with E-state index in [-0.39, 0.29) is 5.91 Å². The van der Waals surface area contributed by atoms with Crippen LogP contribution in [-0.4, -0.2) is 52.5 Å². The van der Waals surface area contributed by atoms with E-state index in [0.29, 0.717) is 46.0 Å². The lowest BCUT2D eigenvalue weighted by atomic mass is 9.98. The van der Waals surface area contributed by atoms with Crippen LogP contribution in [0.1, 0.15) is 11.6 Å². The molecule has 5 aromatic rings.